The summed E-state index contributed by atoms with van der Waals surface area (Å²) in [4.78, 5) is 40.5. The van der Waals surface area contributed by atoms with Gasteiger partial charge >= 0.3 is 5.97 Å². The summed E-state index contributed by atoms with van der Waals surface area (Å²) in [5.41, 5.74) is 2.22. The lowest BCUT2D eigenvalue weighted by Gasteiger charge is -2.10. The third kappa shape index (κ3) is 4.72. The number of aryl methyl sites for hydroxylation is 2. The summed E-state index contributed by atoms with van der Waals surface area (Å²) in [6.07, 6.45) is 0. The lowest BCUT2D eigenvalue weighted by molar-refractivity contribution is -0.119. The second kappa shape index (κ2) is 8.87. The maximum atomic E-state index is 12.4. The number of para-hydroxylation sites is 1. The lowest BCUT2D eigenvalue weighted by atomic mass is 10.1. The molecule has 0 aliphatic rings. The van der Waals surface area contributed by atoms with Gasteiger partial charge in [-0.15, -0.1) is 0 Å². The summed E-state index contributed by atoms with van der Waals surface area (Å²) < 4.78 is 6.63. The Balaban J connectivity index is 1.71. The molecule has 0 radical (unpaired) electrons. The van der Waals surface area contributed by atoms with Crippen molar-refractivity contribution in [2.24, 2.45) is 0 Å². The standard InChI is InChI=1S/C21H19ClN4O4/c1-12-10-13(2)26(25-12)18-9-8-16(22)20(24-18)21(29)30-11-19(28)23-17-7-5-4-6-15(17)14(3)27/h4-10H,11H2,1-3H3,(H,23,28). The molecule has 0 fully saturated rings. The van der Waals surface area contributed by atoms with E-state index in [1.165, 1.54) is 13.0 Å². The van der Waals surface area contributed by atoms with Crippen molar-refractivity contribution in [1.82, 2.24) is 14.8 Å². The van der Waals surface area contributed by atoms with Crippen LogP contribution in [0.3, 0.4) is 0 Å². The summed E-state index contributed by atoms with van der Waals surface area (Å²) in [5, 5.41) is 6.97. The Morgan fingerprint density at radius 3 is 2.53 bits per heavy atom. The van der Waals surface area contributed by atoms with E-state index in [-0.39, 0.29) is 16.5 Å². The Hall–Kier alpha value is -3.52. The van der Waals surface area contributed by atoms with E-state index in [0.29, 0.717) is 17.1 Å². The van der Waals surface area contributed by atoms with Gasteiger partial charge in [-0.1, -0.05) is 23.7 Å². The molecular formula is C21H19ClN4O4. The largest absolute Gasteiger partial charge is 0.451 e. The smallest absolute Gasteiger partial charge is 0.359 e. The number of Topliss-reactive ketones (excluding diaryl/α,β-unsaturated/α-hetero) is 1. The number of benzene rings is 1. The lowest BCUT2D eigenvalue weighted by Crippen LogP contribution is -2.22. The molecule has 2 heterocycles. The Kier molecular flexibility index (Phi) is 6.27. The quantitative estimate of drug-likeness (QED) is 0.477. The molecule has 0 atom stereocenters. The molecule has 0 bridgehead atoms. The van der Waals surface area contributed by atoms with Crippen molar-refractivity contribution in [3.8, 4) is 5.82 Å². The van der Waals surface area contributed by atoms with E-state index in [4.69, 9.17) is 16.3 Å². The number of carbonyl (C=O) groups excluding carboxylic acids is 3. The molecule has 154 valence electrons. The van der Waals surface area contributed by atoms with Crippen LogP contribution >= 0.6 is 11.6 Å². The predicted octanol–water partition coefficient (Wildman–Crippen LogP) is 3.54. The van der Waals surface area contributed by atoms with Crippen molar-refractivity contribution in [2.45, 2.75) is 20.8 Å². The molecule has 3 rings (SSSR count). The number of halogens is 1. The maximum absolute atomic E-state index is 12.4. The van der Waals surface area contributed by atoms with E-state index in [1.807, 2.05) is 19.9 Å². The van der Waals surface area contributed by atoms with E-state index in [9.17, 15) is 14.4 Å². The molecule has 0 unspecified atom stereocenters. The molecule has 3 aromatic rings. The number of amides is 1. The molecule has 30 heavy (non-hydrogen) atoms. The number of nitrogens with one attached hydrogen (secondary N) is 1. The van der Waals surface area contributed by atoms with E-state index in [1.54, 1.807) is 35.0 Å². The highest BCUT2D eigenvalue weighted by atomic mass is 35.5. The highest BCUT2D eigenvalue weighted by Crippen LogP contribution is 2.19. The number of ether oxygens (including phenoxy) is 1. The predicted molar refractivity (Wildman–Crippen MR) is 111 cm³/mol. The van der Waals surface area contributed by atoms with Crippen LogP contribution in [0.2, 0.25) is 5.02 Å². The normalized spacial score (nSPS) is 10.5. The van der Waals surface area contributed by atoms with Crippen LogP contribution in [0, 0.1) is 13.8 Å². The highest BCUT2D eigenvalue weighted by molar-refractivity contribution is 6.33. The minimum absolute atomic E-state index is 0.0904. The maximum Gasteiger partial charge on any atom is 0.359 e. The van der Waals surface area contributed by atoms with E-state index in [2.05, 4.69) is 15.4 Å². The average Bonchev–Trinajstić information content (AvgIpc) is 3.04. The Bertz CT molecular complexity index is 1140. The van der Waals surface area contributed by atoms with Gasteiger partial charge in [0.15, 0.2) is 23.9 Å². The zero-order valence-electron chi connectivity index (χ0n) is 16.6. The van der Waals surface area contributed by atoms with Crippen LogP contribution in [0.1, 0.15) is 39.2 Å². The molecule has 0 saturated heterocycles. The summed E-state index contributed by atoms with van der Waals surface area (Å²) in [6, 6.07) is 11.6. The van der Waals surface area contributed by atoms with Crippen LogP contribution < -0.4 is 5.32 Å². The number of ketones is 1. The summed E-state index contributed by atoms with van der Waals surface area (Å²) in [5.74, 6) is -1.24. The zero-order chi connectivity index (χ0) is 21.8. The van der Waals surface area contributed by atoms with Gasteiger partial charge in [-0.2, -0.15) is 5.10 Å². The van der Waals surface area contributed by atoms with Gasteiger partial charge in [0.2, 0.25) is 0 Å². The second-order valence-electron chi connectivity index (χ2n) is 6.56. The number of hydrogen-bond acceptors (Lipinski definition) is 6. The molecule has 0 saturated carbocycles. The second-order valence-corrected chi connectivity index (χ2v) is 6.97. The van der Waals surface area contributed by atoms with Crippen molar-refractivity contribution in [2.75, 3.05) is 11.9 Å². The van der Waals surface area contributed by atoms with Gasteiger partial charge in [0.1, 0.15) is 0 Å². The number of anilines is 1. The number of nitrogens with zero attached hydrogens (tertiary/aromatic N) is 3. The minimum Gasteiger partial charge on any atom is -0.451 e. The third-order valence-electron chi connectivity index (χ3n) is 4.17. The number of esters is 1. The number of hydrogen-bond donors (Lipinski definition) is 1. The Labute approximate surface area is 177 Å². The van der Waals surface area contributed by atoms with Crippen molar-refractivity contribution in [3.05, 3.63) is 70.1 Å². The van der Waals surface area contributed by atoms with Crippen LogP contribution in [0.15, 0.2) is 42.5 Å². The van der Waals surface area contributed by atoms with Crippen LogP contribution in [0.25, 0.3) is 5.82 Å². The minimum atomic E-state index is -0.849. The molecule has 1 amide bonds. The van der Waals surface area contributed by atoms with E-state index < -0.39 is 18.5 Å². The van der Waals surface area contributed by atoms with Crippen molar-refractivity contribution >= 4 is 34.9 Å². The number of rotatable bonds is 6. The van der Waals surface area contributed by atoms with Gasteiger partial charge in [-0.3, -0.25) is 9.59 Å². The fourth-order valence-electron chi connectivity index (χ4n) is 2.84. The number of pyridine rings is 1. The van der Waals surface area contributed by atoms with Crippen LogP contribution in [-0.4, -0.2) is 39.0 Å². The molecule has 0 spiro atoms. The SMILES string of the molecule is CC(=O)c1ccccc1NC(=O)COC(=O)c1nc(-n2nc(C)cc2C)ccc1Cl. The molecule has 2 aromatic heterocycles. The number of carbonyl (C=O) groups is 3. The van der Waals surface area contributed by atoms with Gasteiger partial charge in [-0.25, -0.2) is 14.5 Å². The summed E-state index contributed by atoms with van der Waals surface area (Å²) in [6.45, 7) is 4.54. The molecular weight excluding hydrogens is 408 g/mol. The highest BCUT2D eigenvalue weighted by Gasteiger charge is 2.18. The fourth-order valence-corrected chi connectivity index (χ4v) is 3.02. The first-order chi connectivity index (χ1) is 14.3. The van der Waals surface area contributed by atoms with E-state index in [0.717, 1.165) is 11.4 Å². The molecule has 1 N–H and O–H groups in total. The molecule has 8 nitrogen and oxygen atoms in total. The van der Waals surface area contributed by atoms with Crippen LogP contribution in [0.5, 0.6) is 0 Å². The van der Waals surface area contributed by atoms with Crippen molar-refractivity contribution in [1.29, 1.82) is 0 Å². The Morgan fingerprint density at radius 1 is 1.13 bits per heavy atom. The van der Waals surface area contributed by atoms with Gasteiger partial charge < -0.3 is 10.1 Å². The molecule has 0 aliphatic carbocycles. The monoisotopic (exact) mass is 426 g/mol. The summed E-state index contributed by atoms with van der Waals surface area (Å²) >= 11 is 6.09. The topological polar surface area (TPSA) is 103 Å². The first kappa shape index (κ1) is 21.2. The zero-order valence-corrected chi connectivity index (χ0v) is 17.4. The van der Waals surface area contributed by atoms with Gasteiger partial charge in [0.05, 0.1) is 16.4 Å². The van der Waals surface area contributed by atoms with Crippen molar-refractivity contribution < 1.29 is 19.1 Å². The van der Waals surface area contributed by atoms with Crippen molar-refractivity contribution in [3.63, 3.8) is 0 Å². The van der Waals surface area contributed by atoms with E-state index >= 15 is 0 Å². The molecule has 9 heteroatoms. The number of aromatic nitrogens is 3. The first-order valence-corrected chi connectivity index (χ1v) is 9.41. The van der Waals surface area contributed by atoms with Gasteiger partial charge in [-0.05, 0) is 51.1 Å². The van der Waals surface area contributed by atoms with Gasteiger partial charge in [0.25, 0.3) is 5.91 Å². The average molecular weight is 427 g/mol. The third-order valence-corrected chi connectivity index (χ3v) is 4.47. The van der Waals surface area contributed by atoms with Crippen LogP contribution in [0.4, 0.5) is 5.69 Å². The molecule has 1 aromatic carbocycles. The Morgan fingerprint density at radius 2 is 1.87 bits per heavy atom. The summed E-state index contributed by atoms with van der Waals surface area (Å²) in [7, 11) is 0. The van der Waals surface area contributed by atoms with Gasteiger partial charge in [0, 0.05) is 11.3 Å². The van der Waals surface area contributed by atoms with Crippen LogP contribution in [-0.2, 0) is 9.53 Å². The molecule has 0 aliphatic heterocycles. The fraction of sp³-hybridized carbons (Fsp3) is 0.190. The first-order valence-electron chi connectivity index (χ1n) is 9.03.